The molecule has 1 unspecified atom stereocenters. The van der Waals surface area contributed by atoms with Crippen LogP contribution in [0.3, 0.4) is 0 Å². The van der Waals surface area contributed by atoms with Crippen LogP contribution in [-0.2, 0) is 0 Å². The minimum Gasteiger partial charge on any atom is -0.228 e. The van der Waals surface area contributed by atoms with Gasteiger partial charge in [-0.2, -0.15) is 12.6 Å². The molecule has 1 atom stereocenters. The summed E-state index contributed by atoms with van der Waals surface area (Å²) in [5.74, 6) is 0. The van der Waals surface area contributed by atoms with E-state index in [9.17, 15) is 0 Å². The molecule has 0 saturated carbocycles. The Kier molecular flexibility index (Phi) is 0.830. The number of nitrogens with zero attached hydrogens (tertiary/aromatic N) is 1. The van der Waals surface area contributed by atoms with Crippen LogP contribution in [0.2, 0.25) is 0 Å². The minimum atomic E-state index is 0.384. The van der Waals surface area contributed by atoms with Crippen molar-refractivity contribution in [1.82, 2.24) is 5.32 Å². The average molecular weight is 88.2 g/mol. The Bertz CT molecular complexity index is 33.9. The van der Waals surface area contributed by atoms with Gasteiger partial charge in [0.15, 0.2) is 0 Å². The predicted octanol–water partition coefficient (Wildman–Crippen LogP) is 0.250. The second-order valence-corrected chi connectivity index (χ2v) is 1.77. The van der Waals surface area contributed by atoms with Gasteiger partial charge in [0.25, 0.3) is 0 Å². The third-order valence-corrected chi connectivity index (χ3v) is 1.15. The van der Waals surface area contributed by atoms with E-state index < -0.39 is 0 Å². The molecule has 1 radical (unpaired) electrons. The third-order valence-electron chi connectivity index (χ3n) is 0.727. The molecule has 0 N–H and O–H groups in total. The highest BCUT2D eigenvalue weighted by Crippen LogP contribution is 2.06. The van der Waals surface area contributed by atoms with Crippen molar-refractivity contribution < 1.29 is 0 Å². The smallest absolute Gasteiger partial charge is 0.0682 e. The van der Waals surface area contributed by atoms with Crippen LogP contribution in [-0.4, -0.2) is 11.9 Å². The first-order chi connectivity index (χ1) is 2.39. The Morgan fingerprint density at radius 2 is 2.20 bits per heavy atom. The van der Waals surface area contributed by atoms with E-state index in [0.29, 0.717) is 5.37 Å². The Morgan fingerprint density at radius 1 is 1.80 bits per heavy atom. The minimum absolute atomic E-state index is 0.384. The molecule has 0 bridgehead atoms. The molecule has 1 saturated heterocycles. The maximum absolute atomic E-state index is 4.02. The molecular formula is C3H6NS. The van der Waals surface area contributed by atoms with Gasteiger partial charge >= 0.3 is 0 Å². The maximum atomic E-state index is 4.02. The first-order valence-electron chi connectivity index (χ1n) is 1.74. The van der Waals surface area contributed by atoms with Gasteiger partial charge in [0, 0.05) is 6.54 Å². The van der Waals surface area contributed by atoms with Gasteiger partial charge < -0.3 is 0 Å². The fraction of sp³-hybridized carbons (Fsp3) is 1.00. The zero-order valence-electron chi connectivity index (χ0n) is 2.89. The molecule has 1 rings (SSSR count). The summed E-state index contributed by atoms with van der Waals surface area (Å²) in [5, 5.41) is 4.32. The molecule has 0 amide bonds. The zero-order chi connectivity index (χ0) is 3.70. The normalized spacial score (nSPS) is 36.6. The van der Waals surface area contributed by atoms with E-state index in [-0.39, 0.29) is 0 Å². The van der Waals surface area contributed by atoms with Crippen LogP contribution in [0.5, 0.6) is 0 Å². The highest BCUT2D eigenvalue weighted by Gasteiger charge is 2.10. The van der Waals surface area contributed by atoms with Gasteiger partial charge in [-0.25, -0.2) is 5.32 Å². The Labute approximate surface area is 37.2 Å². The molecule has 1 aliphatic rings. The predicted molar refractivity (Wildman–Crippen MR) is 24.4 cm³/mol. The highest BCUT2D eigenvalue weighted by atomic mass is 32.1. The lowest BCUT2D eigenvalue weighted by Gasteiger charge is -2.18. The second kappa shape index (κ2) is 1.19. The molecule has 29 valence electrons. The van der Waals surface area contributed by atoms with Gasteiger partial charge in [0.2, 0.25) is 0 Å². The molecule has 0 aromatic rings. The number of rotatable bonds is 0. The van der Waals surface area contributed by atoms with Gasteiger partial charge in [-0.3, -0.25) is 0 Å². The summed E-state index contributed by atoms with van der Waals surface area (Å²) in [7, 11) is 0. The van der Waals surface area contributed by atoms with Crippen molar-refractivity contribution in [2.45, 2.75) is 11.8 Å². The molecule has 2 heteroatoms. The van der Waals surface area contributed by atoms with Crippen LogP contribution in [0, 0.1) is 0 Å². The van der Waals surface area contributed by atoms with Crippen molar-refractivity contribution in [2.24, 2.45) is 0 Å². The highest BCUT2D eigenvalue weighted by molar-refractivity contribution is 7.80. The molecule has 1 fully saturated rings. The summed E-state index contributed by atoms with van der Waals surface area (Å²) in [6.45, 7) is 1.04. The van der Waals surface area contributed by atoms with Crippen molar-refractivity contribution in [1.29, 1.82) is 0 Å². The fourth-order valence-corrected chi connectivity index (χ4v) is 0.476. The maximum Gasteiger partial charge on any atom is 0.0682 e. The molecule has 0 aliphatic carbocycles. The number of hydrogen-bond donors (Lipinski definition) is 1. The van der Waals surface area contributed by atoms with E-state index >= 15 is 0 Å². The molecule has 1 aliphatic heterocycles. The fourth-order valence-electron chi connectivity index (χ4n) is 0.245. The lowest BCUT2D eigenvalue weighted by molar-refractivity contribution is 0.477. The first kappa shape index (κ1) is 3.50. The van der Waals surface area contributed by atoms with Crippen LogP contribution in [0.15, 0.2) is 0 Å². The Hall–Kier alpha value is 0.310. The lowest BCUT2D eigenvalue weighted by atomic mass is 10.3. The van der Waals surface area contributed by atoms with Crippen LogP contribution < -0.4 is 5.32 Å². The summed E-state index contributed by atoms with van der Waals surface area (Å²) in [4.78, 5) is 0. The first-order valence-corrected chi connectivity index (χ1v) is 2.26. The van der Waals surface area contributed by atoms with Crippen molar-refractivity contribution in [3.63, 3.8) is 0 Å². The SMILES string of the molecule is SC1CC[N]1. The molecule has 0 aromatic carbocycles. The molecule has 5 heavy (non-hydrogen) atoms. The van der Waals surface area contributed by atoms with Crippen molar-refractivity contribution in [3.05, 3.63) is 0 Å². The van der Waals surface area contributed by atoms with E-state index in [2.05, 4.69) is 17.9 Å². The summed E-state index contributed by atoms with van der Waals surface area (Å²) in [5.41, 5.74) is 0. The number of hydrogen-bond acceptors (Lipinski definition) is 1. The quantitative estimate of drug-likeness (QED) is 0.408. The van der Waals surface area contributed by atoms with Gasteiger partial charge in [0.05, 0.1) is 5.37 Å². The standard InChI is InChI=1S/C3H6NS/c5-3-1-2-4-3/h3,5H,1-2H2. The summed E-state index contributed by atoms with van der Waals surface area (Å²) < 4.78 is 0. The van der Waals surface area contributed by atoms with Crippen LogP contribution in [0.4, 0.5) is 0 Å². The monoisotopic (exact) mass is 88.0 g/mol. The van der Waals surface area contributed by atoms with E-state index in [4.69, 9.17) is 0 Å². The topological polar surface area (TPSA) is 14.1 Å². The molecule has 0 spiro atoms. The van der Waals surface area contributed by atoms with Gasteiger partial charge in [-0.15, -0.1) is 0 Å². The molecular weight excluding hydrogens is 82.1 g/mol. The van der Waals surface area contributed by atoms with Gasteiger partial charge in [-0.1, -0.05) is 0 Å². The summed E-state index contributed by atoms with van der Waals surface area (Å²) >= 11 is 4.02. The molecule has 1 nitrogen and oxygen atoms in total. The summed E-state index contributed by atoms with van der Waals surface area (Å²) in [6.07, 6.45) is 1.18. The van der Waals surface area contributed by atoms with Gasteiger partial charge in [0.1, 0.15) is 0 Å². The van der Waals surface area contributed by atoms with E-state index in [1.54, 1.807) is 0 Å². The van der Waals surface area contributed by atoms with Crippen molar-refractivity contribution in [2.75, 3.05) is 6.54 Å². The van der Waals surface area contributed by atoms with Crippen LogP contribution in [0.25, 0.3) is 0 Å². The molecule has 0 aromatic heterocycles. The van der Waals surface area contributed by atoms with Crippen LogP contribution in [0.1, 0.15) is 6.42 Å². The van der Waals surface area contributed by atoms with Gasteiger partial charge in [-0.05, 0) is 6.42 Å². The van der Waals surface area contributed by atoms with Crippen molar-refractivity contribution in [3.8, 4) is 0 Å². The Morgan fingerprint density at radius 3 is 2.20 bits per heavy atom. The van der Waals surface area contributed by atoms with Crippen LogP contribution >= 0.6 is 12.6 Å². The third kappa shape index (κ3) is 0.578. The summed E-state index contributed by atoms with van der Waals surface area (Å²) in [6, 6.07) is 0. The average Bonchev–Trinajstić information content (AvgIpc) is 1.30. The van der Waals surface area contributed by atoms with E-state index in [1.807, 2.05) is 0 Å². The Balaban J connectivity index is 2.08. The zero-order valence-corrected chi connectivity index (χ0v) is 3.78. The second-order valence-electron chi connectivity index (χ2n) is 1.18. The number of thiol groups is 1. The lowest BCUT2D eigenvalue weighted by Crippen LogP contribution is -2.30. The van der Waals surface area contributed by atoms with Crippen molar-refractivity contribution >= 4 is 12.6 Å². The largest absolute Gasteiger partial charge is 0.228 e. The van der Waals surface area contributed by atoms with E-state index in [0.717, 1.165) is 6.54 Å². The van der Waals surface area contributed by atoms with E-state index in [1.165, 1.54) is 6.42 Å². The molecule has 1 heterocycles.